The molecule has 0 radical (unpaired) electrons. The minimum Gasteiger partial charge on any atom is -0.394 e. The highest BCUT2D eigenvalue weighted by Gasteiger charge is 1.87. The van der Waals surface area contributed by atoms with Gasteiger partial charge in [-0.05, 0) is 0 Å². The number of aliphatic hydroxyl groups excluding tert-OH is 1. The summed E-state index contributed by atoms with van der Waals surface area (Å²) in [6.07, 6.45) is 0. The normalized spacial score (nSPS) is 9.27. The largest absolute Gasteiger partial charge is 0.394 e. The van der Waals surface area contributed by atoms with Crippen LogP contribution in [0.15, 0.2) is 0 Å². The number of aliphatic hydroxyl groups is 1. The Morgan fingerprint density at radius 1 is 0.636 bits per heavy atom. The molecule has 0 bridgehead atoms. The maximum absolute atomic E-state index is 8.32. The summed E-state index contributed by atoms with van der Waals surface area (Å²) in [5.41, 5.74) is 0. The van der Waals surface area contributed by atoms with Crippen LogP contribution in [0.3, 0.4) is 0 Å². The van der Waals surface area contributed by atoms with E-state index in [2.05, 4.69) is 44.0 Å². The average molecular weight is 359 g/mol. The van der Waals surface area contributed by atoms with Crippen molar-refractivity contribution in [1.82, 2.24) is 0 Å². The van der Waals surface area contributed by atoms with E-state index in [1.807, 2.05) is 0 Å². The fourth-order valence-electron chi connectivity index (χ4n) is 0.529. The standard InChI is InChI=1S/C7H16O4.2C3H10Si.C2H6O/c1-9-4-5-11-7-6-10-3-2-8;2*1-4(2)3;1-3-2/h8H,2-7H2,1H3;2*4H,1-3H3;1-2H3. The summed E-state index contributed by atoms with van der Waals surface area (Å²) >= 11 is 0. The summed E-state index contributed by atoms with van der Waals surface area (Å²) in [5.74, 6) is 0. The topological polar surface area (TPSA) is 57.2 Å². The highest BCUT2D eigenvalue weighted by molar-refractivity contribution is 6.54. The number of methoxy groups -OCH3 is 2. The van der Waals surface area contributed by atoms with Gasteiger partial charge in [0, 0.05) is 38.9 Å². The van der Waals surface area contributed by atoms with Gasteiger partial charge in [-0.2, -0.15) is 0 Å². The van der Waals surface area contributed by atoms with Crippen LogP contribution in [0, 0.1) is 0 Å². The monoisotopic (exact) mass is 358 g/mol. The predicted octanol–water partition coefficient (Wildman–Crippen LogP) is 2.13. The van der Waals surface area contributed by atoms with E-state index in [0.717, 1.165) is 0 Å². The Labute approximate surface area is 142 Å². The molecular weight excluding hydrogens is 316 g/mol. The van der Waals surface area contributed by atoms with Gasteiger partial charge in [0.1, 0.15) is 0 Å². The van der Waals surface area contributed by atoms with Crippen molar-refractivity contribution in [3.8, 4) is 0 Å². The third-order valence-electron chi connectivity index (χ3n) is 1.04. The first-order valence-electron chi connectivity index (χ1n) is 7.95. The van der Waals surface area contributed by atoms with Crippen LogP contribution in [0.2, 0.25) is 39.3 Å². The van der Waals surface area contributed by atoms with Crippen LogP contribution in [0.1, 0.15) is 0 Å². The van der Waals surface area contributed by atoms with Gasteiger partial charge in [0.2, 0.25) is 0 Å². The molecule has 0 atom stereocenters. The maximum Gasteiger partial charge on any atom is 0.0701 e. The fraction of sp³-hybridized carbons (Fsp3) is 1.00. The van der Waals surface area contributed by atoms with Gasteiger partial charge >= 0.3 is 0 Å². The van der Waals surface area contributed by atoms with Gasteiger partial charge in [-0.25, -0.2) is 0 Å². The molecule has 140 valence electrons. The zero-order chi connectivity index (χ0) is 18.2. The molecule has 5 nitrogen and oxygen atoms in total. The van der Waals surface area contributed by atoms with E-state index in [-0.39, 0.29) is 24.2 Å². The van der Waals surface area contributed by atoms with Crippen molar-refractivity contribution in [3.63, 3.8) is 0 Å². The van der Waals surface area contributed by atoms with E-state index in [9.17, 15) is 0 Å². The van der Waals surface area contributed by atoms with E-state index in [0.29, 0.717) is 33.0 Å². The summed E-state index contributed by atoms with van der Waals surface area (Å²) in [6, 6.07) is 0. The molecule has 0 aliphatic heterocycles. The van der Waals surface area contributed by atoms with Crippen LogP contribution < -0.4 is 0 Å². The third-order valence-corrected chi connectivity index (χ3v) is 1.04. The zero-order valence-electron chi connectivity index (χ0n) is 16.5. The lowest BCUT2D eigenvalue weighted by Crippen LogP contribution is -2.09. The van der Waals surface area contributed by atoms with Crippen molar-refractivity contribution in [2.45, 2.75) is 39.3 Å². The van der Waals surface area contributed by atoms with Crippen molar-refractivity contribution in [1.29, 1.82) is 0 Å². The van der Waals surface area contributed by atoms with Gasteiger partial charge in [0.15, 0.2) is 0 Å². The molecule has 1 N–H and O–H groups in total. The van der Waals surface area contributed by atoms with Crippen molar-refractivity contribution < 1.29 is 24.1 Å². The molecule has 0 aromatic heterocycles. The van der Waals surface area contributed by atoms with Crippen LogP contribution in [-0.4, -0.2) is 83.7 Å². The summed E-state index contributed by atoms with van der Waals surface area (Å²) < 4.78 is 19.0. The fourth-order valence-corrected chi connectivity index (χ4v) is 0.529. The molecule has 22 heavy (non-hydrogen) atoms. The van der Waals surface area contributed by atoms with Crippen LogP contribution in [0.5, 0.6) is 0 Å². The third kappa shape index (κ3) is 110. The summed E-state index contributed by atoms with van der Waals surface area (Å²) in [5, 5.41) is 8.32. The van der Waals surface area contributed by atoms with E-state index >= 15 is 0 Å². The van der Waals surface area contributed by atoms with Crippen LogP contribution in [0.25, 0.3) is 0 Å². The molecule has 0 aromatic rings. The molecule has 0 fully saturated rings. The number of ether oxygens (including phenoxy) is 4. The van der Waals surface area contributed by atoms with Crippen LogP contribution >= 0.6 is 0 Å². The molecule has 0 saturated heterocycles. The Morgan fingerprint density at radius 2 is 0.909 bits per heavy atom. The molecule has 0 aliphatic rings. The second-order valence-electron chi connectivity index (χ2n) is 5.81. The van der Waals surface area contributed by atoms with Gasteiger partial charge in [-0.1, -0.05) is 39.3 Å². The minimum absolute atomic E-state index is 0.0675. The van der Waals surface area contributed by atoms with Crippen molar-refractivity contribution in [2.24, 2.45) is 0 Å². The van der Waals surface area contributed by atoms with Crippen LogP contribution in [0.4, 0.5) is 0 Å². The highest BCUT2D eigenvalue weighted by Crippen LogP contribution is 1.78. The van der Waals surface area contributed by atoms with Gasteiger partial charge in [0.05, 0.1) is 39.6 Å². The SMILES string of the molecule is COC.COCCOCCOCCO.C[SiH](C)C.C[SiH](C)C. The van der Waals surface area contributed by atoms with Gasteiger partial charge < -0.3 is 24.1 Å². The summed E-state index contributed by atoms with van der Waals surface area (Å²) in [7, 11) is 4.60. The van der Waals surface area contributed by atoms with Gasteiger partial charge in [-0.3, -0.25) is 0 Å². The quantitative estimate of drug-likeness (QED) is 0.532. The number of hydrogen-bond acceptors (Lipinski definition) is 5. The average Bonchev–Trinajstić information content (AvgIpc) is 2.37. The van der Waals surface area contributed by atoms with E-state index in [1.54, 1.807) is 21.3 Å². The molecule has 0 spiro atoms. The Bertz CT molecular complexity index is 130. The highest BCUT2D eigenvalue weighted by atomic mass is 28.3. The summed E-state index contributed by atoms with van der Waals surface area (Å²) in [6.45, 7) is 16.6. The number of rotatable bonds is 8. The molecule has 0 unspecified atom stereocenters. The lowest BCUT2D eigenvalue weighted by Gasteiger charge is -2.03. The Kier molecular flexibility index (Phi) is 45.2. The maximum atomic E-state index is 8.32. The zero-order valence-corrected chi connectivity index (χ0v) is 18.8. The second-order valence-corrected chi connectivity index (χ2v) is 12.7. The second kappa shape index (κ2) is 33.0. The van der Waals surface area contributed by atoms with Crippen LogP contribution in [-0.2, 0) is 18.9 Å². The lowest BCUT2D eigenvalue weighted by atomic mass is 10.7. The summed E-state index contributed by atoms with van der Waals surface area (Å²) in [4.78, 5) is 0. The molecular formula is C15H42O5Si2. The lowest BCUT2D eigenvalue weighted by molar-refractivity contribution is 0.0159. The van der Waals surface area contributed by atoms with Crippen molar-refractivity contribution in [3.05, 3.63) is 0 Å². The first-order chi connectivity index (χ1) is 10.3. The molecule has 0 saturated carbocycles. The van der Waals surface area contributed by atoms with Crippen molar-refractivity contribution in [2.75, 3.05) is 61.0 Å². The predicted molar refractivity (Wildman–Crippen MR) is 103 cm³/mol. The Hall–Kier alpha value is 0.234. The Morgan fingerprint density at radius 3 is 1.18 bits per heavy atom. The minimum atomic E-state index is -0.139. The van der Waals surface area contributed by atoms with E-state index in [4.69, 9.17) is 19.3 Å². The molecule has 0 aromatic carbocycles. The molecule has 0 aliphatic carbocycles. The number of hydrogen-bond donors (Lipinski definition) is 1. The molecule has 0 rings (SSSR count). The Balaban J connectivity index is -0.000000121. The smallest absolute Gasteiger partial charge is 0.0701 e. The molecule has 0 amide bonds. The van der Waals surface area contributed by atoms with Gasteiger partial charge in [-0.15, -0.1) is 0 Å². The first-order valence-corrected chi connectivity index (χ1v) is 14.9. The molecule has 7 heteroatoms. The van der Waals surface area contributed by atoms with E-state index < -0.39 is 0 Å². The van der Waals surface area contributed by atoms with Crippen molar-refractivity contribution >= 4 is 17.6 Å². The van der Waals surface area contributed by atoms with Gasteiger partial charge in [0.25, 0.3) is 0 Å². The first kappa shape index (κ1) is 30.2. The molecule has 0 heterocycles. The van der Waals surface area contributed by atoms with E-state index in [1.165, 1.54) is 0 Å².